The van der Waals surface area contributed by atoms with Crippen LogP contribution in [0.1, 0.15) is 101 Å². The summed E-state index contributed by atoms with van der Waals surface area (Å²) in [5.74, 6) is -2.01. The van der Waals surface area contributed by atoms with Crippen LogP contribution in [-0.2, 0) is 14.4 Å². The van der Waals surface area contributed by atoms with Crippen molar-refractivity contribution in [2.75, 3.05) is 13.1 Å². The fraction of sp³-hybridized carbons (Fsp3) is 0.378. The van der Waals surface area contributed by atoms with Crippen LogP contribution in [-0.4, -0.2) is 47.4 Å². The van der Waals surface area contributed by atoms with Gasteiger partial charge in [0.15, 0.2) is 11.4 Å². The molecule has 0 bridgehead atoms. The topological polar surface area (TPSA) is 122 Å². The molecule has 2 amide bonds. The molecule has 0 spiro atoms. The minimum Gasteiger partial charge on any atom is -0.481 e. The van der Waals surface area contributed by atoms with E-state index in [9.17, 15) is 24.3 Å². The Morgan fingerprint density at radius 1 is 0.685 bits per heavy atom. The molecule has 9 heteroatoms. The molecule has 1 unspecified atom stereocenters. The summed E-state index contributed by atoms with van der Waals surface area (Å²) in [7, 11) is 0. The first-order chi connectivity index (χ1) is 26.0. The SMILES string of the molecule is CCC=CCC=CCC=CCC=CCC=CCC=CCCC(=O)NCCC(CCNC(=O)C(C)(C)Oc1ccc(C(=O)c2ccc(Cl)cc2)cc1)C(=O)O. The van der Waals surface area contributed by atoms with Gasteiger partial charge in [0.05, 0.1) is 5.92 Å². The molecule has 0 radical (unpaired) electrons. The Hall–Kier alpha value is -4.95. The van der Waals surface area contributed by atoms with Crippen LogP contribution in [0.2, 0.25) is 5.02 Å². The van der Waals surface area contributed by atoms with Crippen molar-refractivity contribution in [2.45, 2.75) is 90.6 Å². The third-order valence-electron chi connectivity index (χ3n) is 8.22. The zero-order chi connectivity index (χ0) is 39.4. The number of nitrogens with one attached hydrogen (secondary N) is 2. The number of benzene rings is 2. The smallest absolute Gasteiger partial charge is 0.306 e. The second-order valence-corrected chi connectivity index (χ2v) is 13.6. The molecular formula is C45H57ClN2O6. The van der Waals surface area contributed by atoms with E-state index in [0.29, 0.717) is 34.7 Å². The summed E-state index contributed by atoms with van der Waals surface area (Å²) >= 11 is 5.91. The number of rotatable bonds is 26. The molecule has 1 atom stereocenters. The van der Waals surface area contributed by atoms with E-state index < -0.39 is 23.4 Å². The van der Waals surface area contributed by atoms with Gasteiger partial charge < -0.3 is 20.5 Å². The molecule has 0 heterocycles. The Morgan fingerprint density at radius 3 is 1.61 bits per heavy atom. The van der Waals surface area contributed by atoms with E-state index in [2.05, 4.69) is 78.3 Å². The highest BCUT2D eigenvalue weighted by Crippen LogP contribution is 2.21. The number of ketones is 1. The van der Waals surface area contributed by atoms with E-state index in [4.69, 9.17) is 16.3 Å². The fourth-order valence-corrected chi connectivity index (χ4v) is 5.20. The van der Waals surface area contributed by atoms with Crippen molar-refractivity contribution in [2.24, 2.45) is 5.92 Å². The fourth-order valence-electron chi connectivity index (χ4n) is 5.08. The summed E-state index contributed by atoms with van der Waals surface area (Å²) in [6, 6.07) is 13.1. The first-order valence-electron chi connectivity index (χ1n) is 18.8. The van der Waals surface area contributed by atoms with Gasteiger partial charge in [0, 0.05) is 35.7 Å². The van der Waals surface area contributed by atoms with Crippen LogP contribution < -0.4 is 15.4 Å². The number of carbonyl (C=O) groups excluding carboxylic acids is 3. The molecule has 0 aromatic heterocycles. The number of carboxylic acid groups (broad SMARTS) is 1. The molecular weight excluding hydrogens is 700 g/mol. The third-order valence-corrected chi connectivity index (χ3v) is 8.47. The van der Waals surface area contributed by atoms with E-state index in [-0.39, 0.29) is 37.6 Å². The Labute approximate surface area is 326 Å². The predicted molar refractivity (Wildman–Crippen MR) is 220 cm³/mol. The average molecular weight is 757 g/mol. The van der Waals surface area contributed by atoms with Crippen LogP contribution in [0.25, 0.3) is 0 Å². The molecule has 0 aliphatic carbocycles. The number of carboxylic acids is 1. The van der Waals surface area contributed by atoms with Gasteiger partial charge in [-0.05, 0) is 120 Å². The lowest BCUT2D eigenvalue weighted by Crippen LogP contribution is -2.47. The number of carbonyl (C=O) groups is 4. The number of allylic oxidation sites excluding steroid dienone is 12. The van der Waals surface area contributed by atoms with E-state index in [0.717, 1.165) is 38.5 Å². The van der Waals surface area contributed by atoms with Gasteiger partial charge in [0.1, 0.15) is 5.75 Å². The maximum absolute atomic E-state index is 12.9. The van der Waals surface area contributed by atoms with Crippen molar-refractivity contribution in [1.82, 2.24) is 10.6 Å². The normalized spacial score (nSPS) is 12.8. The van der Waals surface area contributed by atoms with Gasteiger partial charge >= 0.3 is 5.97 Å². The second-order valence-electron chi connectivity index (χ2n) is 13.1. The Kier molecular flexibility index (Phi) is 22.4. The number of halogens is 1. The monoisotopic (exact) mass is 756 g/mol. The van der Waals surface area contributed by atoms with Gasteiger partial charge in [-0.2, -0.15) is 0 Å². The average Bonchev–Trinajstić information content (AvgIpc) is 3.15. The standard InChI is InChI=1S/C45H57ClN2O6/c1-4-5-6-7-8-9-10-11-12-13-14-15-16-17-18-19-20-21-22-23-41(49)47-34-32-38(43(51)52)33-35-48-44(53)45(2,3)54-40-30-26-37(27-31-40)42(50)36-24-28-39(46)29-25-36/h5-6,8-9,11-12,14-15,17-18,20-21,24-31,38H,4,7,10,13,16,19,22-23,32-35H2,1-3H3,(H,47,49)(H,48,53)(H,51,52). The summed E-state index contributed by atoms with van der Waals surface area (Å²) in [6.07, 6.45) is 32.7. The minimum absolute atomic E-state index is 0.131. The summed E-state index contributed by atoms with van der Waals surface area (Å²) < 4.78 is 5.90. The van der Waals surface area contributed by atoms with Crippen LogP contribution in [0.4, 0.5) is 0 Å². The number of hydrogen-bond acceptors (Lipinski definition) is 5. The maximum Gasteiger partial charge on any atom is 0.306 e. The van der Waals surface area contributed by atoms with Crippen LogP contribution in [0.15, 0.2) is 121 Å². The van der Waals surface area contributed by atoms with Gasteiger partial charge in [0.25, 0.3) is 5.91 Å². The molecule has 8 nitrogen and oxygen atoms in total. The van der Waals surface area contributed by atoms with Crippen LogP contribution in [0.3, 0.4) is 0 Å². The van der Waals surface area contributed by atoms with Crippen LogP contribution in [0.5, 0.6) is 5.75 Å². The molecule has 0 aliphatic rings. The van der Waals surface area contributed by atoms with Gasteiger partial charge in [-0.1, -0.05) is 91.4 Å². The zero-order valence-electron chi connectivity index (χ0n) is 32.0. The molecule has 2 aromatic rings. The third kappa shape index (κ3) is 19.8. The molecule has 0 saturated heterocycles. The van der Waals surface area contributed by atoms with Gasteiger partial charge in [-0.3, -0.25) is 19.2 Å². The lowest BCUT2D eigenvalue weighted by atomic mass is 10.0. The minimum atomic E-state index is -1.25. The predicted octanol–water partition coefficient (Wildman–Crippen LogP) is 9.92. The van der Waals surface area contributed by atoms with Gasteiger partial charge in [0.2, 0.25) is 5.91 Å². The van der Waals surface area contributed by atoms with E-state index >= 15 is 0 Å². The number of hydrogen-bond donors (Lipinski definition) is 3. The molecule has 2 rings (SSSR count). The van der Waals surface area contributed by atoms with Gasteiger partial charge in [-0.15, -0.1) is 0 Å². The van der Waals surface area contributed by atoms with Crippen molar-refractivity contribution in [1.29, 1.82) is 0 Å². The quantitative estimate of drug-likeness (QED) is 0.0649. The summed E-state index contributed by atoms with van der Waals surface area (Å²) in [5, 5.41) is 15.8. The lowest BCUT2D eigenvalue weighted by molar-refractivity contribution is -0.142. The van der Waals surface area contributed by atoms with Crippen molar-refractivity contribution in [3.05, 3.63) is 138 Å². The zero-order valence-corrected chi connectivity index (χ0v) is 32.7. The van der Waals surface area contributed by atoms with Crippen molar-refractivity contribution in [3.63, 3.8) is 0 Å². The molecule has 2 aromatic carbocycles. The Morgan fingerprint density at radius 2 is 1.13 bits per heavy atom. The summed E-state index contributed by atoms with van der Waals surface area (Å²) in [4.78, 5) is 49.7. The second kappa shape index (κ2) is 26.8. The number of amides is 2. The lowest BCUT2D eigenvalue weighted by Gasteiger charge is -2.25. The van der Waals surface area contributed by atoms with E-state index in [1.807, 2.05) is 12.2 Å². The number of aliphatic carboxylic acids is 1. The molecule has 0 aliphatic heterocycles. The summed E-state index contributed by atoms with van der Waals surface area (Å²) in [6.45, 7) is 5.73. The molecule has 0 fully saturated rings. The first-order valence-corrected chi connectivity index (χ1v) is 19.2. The highest BCUT2D eigenvalue weighted by Gasteiger charge is 2.30. The van der Waals surface area contributed by atoms with Crippen molar-refractivity contribution < 1.29 is 29.0 Å². The highest BCUT2D eigenvalue weighted by atomic mass is 35.5. The maximum atomic E-state index is 12.9. The first kappa shape index (κ1) is 45.2. The molecule has 0 saturated carbocycles. The van der Waals surface area contributed by atoms with Crippen molar-refractivity contribution >= 4 is 35.2 Å². The number of ether oxygens (including phenoxy) is 1. The van der Waals surface area contributed by atoms with Crippen molar-refractivity contribution in [3.8, 4) is 5.75 Å². The highest BCUT2D eigenvalue weighted by molar-refractivity contribution is 6.30. The van der Waals surface area contributed by atoms with Crippen LogP contribution >= 0.6 is 11.6 Å². The van der Waals surface area contributed by atoms with Crippen LogP contribution in [0, 0.1) is 5.92 Å². The largest absolute Gasteiger partial charge is 0.481 e. The molecule has 3 N–H and O–H groups in total. The summed E-state index contributed by atoms with van der Waals surface area (Å²) in [5.41, 5.74) is -0.281. The van der Waals surface area contributed by atoms with E-state index in [1.165, 1.54) is 0 Å². The molecule has 54 heavy (non-hydrogen) atoms. The van der Waals surface area contributed by atoms with Gasteiger partial charge in [-0.25, -0.2) is 0 Å². The Balaban J connectivity index is 1.59. The Bertz CT molecular complexity index is 1620. The van der Waals surface area contributed by atoms with E-state index in [1.54, 1.807) is 62.4 Å². The molecule has 290 valence electrons.